The Kier molecular flexibility index (Phi) is 7.11. The minimum atomic E-state index is -1.01. The summed E-state index contributed by atoms with van der Waals surface area (Å²) in [4.78, 5) is 35.0. The fraction of sp³-hybridized carbons (Fsp3) is 0.310. The molecule has 0 N–H and O–H groups in total. The van der Waals surface area contributed by atoms with E-state index in [1.807, 2.05) is 37.3 Å². The molecule has 0 unspecified atom stereocenters. The standard InChI is InChI=1S/C29H30N2O7/c1-5-15-37-20-13-11-18(12-14-20)30-28(32)25-26(21-16-23(35-3)24(36-4)17-22(21)34-2)31(38-27(25)29(30)33)19-9-7-6-8-10-19/h6-14,16-17,25-27H,5,15H2,1-4H3/t25-,26-,27-/m1/s1. The Bertz CT molecular complexity index is 1310. The summed E-state index contributed by atoms with van der Waals surface area (Å²) < 4.78 is 22.4. The first-order chi connectivity index (χ1) is 18.5. The zero-order valence-electron chi connectivity index (χ0n) is 21.7. The van der Waals surface area contributed by atoms with Gasteiger partial charge in [-0.05, 0) is 48.9 Å². The van der Waals surface area contributed by atoms with Crippen LogP contribution in [0.1, 0.15) is 24.9 Å². The SMILES string of the molecule is CCCOc1ccc(N2C(=O)[C@@H]3[C@@H](c4cc(OC)c(OC)cc4OC)N(c4ccccc4)O[C@H]3C2=O)cc1. The fourth-order valence-electron chi connectivity index (χ4n) is 4.98. The Morgan fingerprint density at radius 2 is 1.45 bits per heavy atom. The van der Waals surface area contributed by atoms with Crippen LogP contribution in [0.3, 0.4) is 0 Å². The molecule has 0 bridgehead atoms. The third kappa shape index (κ3) is 4.28. The molecule has 2 heterocycles. The number of para-hydroxylation sites is 1. The number of rotatable bonds is 9. The molecular weight excluding hydrogens is 488 g/mol. The third-order valence-electron chi connectivity index (χ3n) is 6.75. The lowest BCUT2D eigenvalue weighted by atomic mass is 9.89. The largest absolute Gasteiger partial charge is 0.496 e. The minimum Gasteiger partial charge on any atom is -0.496 e. The second kappa shape index (κ2) is 10.6. The highest BCUT2D eigenvalue weighted by atomic mass is 16.7. The number of methoxy groups -OCH3 is 3. The normalized spacial score (nSPS) is 20.5. The Morgan fingerprint density at radius 3 is 2.08 bits per heavy atom. The van der Waals surface area contributed by atoms with Gasteiger partial charge in [-0.25, -0.2) is 9.96 Å². The first-order valence-corrected chi connectivity index (χ1v) is 12.4. The molecule has 2 aliphatic rings. The van der Waals surface area contributed by atoms with E-state index in [0.717, 1.165) is 6.42 Å². The Hall–Kier alpha value is -4.24. The number of carbonyl (C=O) groups excluding carboxylic acids is 2. The summed E-state index contributed by atoms with van der Waals surface area (Å²) >= 11 is 0. The van der Waals surface area contributed by atoms with Crippen LogP contribution in [0.15, 0.2) is 66.7 Å². The average molecular weight is 519 g/mol. The molecule has 2 amide bonds. The van der Waals surface area contributed by atoms with Gasteiger partial charge in [0.2, 0.25) is 5.91 Å². The van der Waals surface area contributed by atoms with Crippen molar-refractivity contribution in [3.05, 3.63) is 72.3 Å². The molecule has 0 aromatic heterocycles. The van der Waals surface area contributed by atoms with Crippen molar-refractivity contribution in [1.29, 1.82) is 0 Å². The monoisotopic (exact) mass is 518 g/mol. The molecule has 0 radical (unpaired) electrons. The first kappa shape index (κ1) is 25.4. The number of hydroxylamine groups is 1. The summed E-state index contributed by atoms with van der Waals surface area (Å²) in [5.41, 5.74) is 1.80. The smallest absolute Gasteiger partial charge is 0.266 e. The van der Waals surface area contributed by atoms with Gasteiger partial charge in [-0.3, -0.25) is 14.4 Å². The van der Waals surface area contributed by atoms with Crippen molar-refractivity contribution in [3.8, 4) is 23.0 Å². The second-order valence-corrected chi connectivity index (χ2v) is 8.96. The van der Waals surface area contributed by atoms with Gasteiger partial charge in [0.05, 0.1) is 39.3 Å². The number of carbonyl (C=O) groups is 2. The van der Waals surface area contributed by atoms with E-state index in [2.05, 4.69) is 0 Å². The molecule has 198 valence electrons. The van der Waals surface area contributed by atoms with Crippen molar-refractivity contribution in [2.45, 2.75) is 25.5 Å². The molecule has 38 heavy (non-hydrogen) atoms. The Morgan fingerprint density at radius 1 is 0.789 bits per heavy atom. The van der Waals surface area contributed by atoms with Crippen molar-refractivity contribution in [1.82, 2.24) is 0 Å². The number of benzene rings is 3. The lowest BCUT2D eigenvalue weighted by Crippen LogP contribution is -2.37. The Labute approximate surface area is 221 Å². The van der Waals surface area contributed by atoms with Crippen LogP contribution in [-0.4, -0.2) is 45.9 Å². The fourth-order valence-corrected chi connectivity index (χ4v) is 4.98. The predicted molar refractivity (Wildman–Crippen MR) is 141 cm³/mol. The molecule has 3 aromatic carbocycles. The molecule has 5 rings (SSSR count). The van der Waals surface area contributed by atoms with E-state index in [-0.39, 0.29) is 5.91 Å². The van der Waals surface area contributed by atoms with Gasteiger partial charge in [-0.15, -0.1) is 0 Å². The van der Waals surface area contributed by atoms with E-state index in [1.54, 1.807) is 48.6 Å². The second-order valence-electron chi connectivity index (χ2n) is 8.96. The summed E-state index contributed by atoms with van der Waals surface area (Å²) in [5.74, 6) is 0.494. The third-order valence-corrected chi connectivity index (χ3v) is 6.75. The van der Waals surface area contributed by atoms with E-state index in [4.69, 9.17) is 23.8 Å². The molecule has 0 spiro atoms. The highest BCUT2D eigenvalue weighted by Crippen LogP contribution is 2.51. The number of hydrogen-bond acceptors (Lipinski definition) is 8. The molecule has 2 aliphatic heterocycles. The topological polar surface area (TPSA) is 86.8 Å². The van der Waals surface area contributed by atoms with Gasteiger partial charge >= 0.3 is 0 Å². The van der Waals surface area contributed by atoms with Crippen LogP contribution >= 0.6 is 0 Å². The summed E-state index contributed by atoms with van der Waals surface area (Å²) in [6.45, 7) is 2.61. The minimum absolute atomic E-state index is 0.359. The van der Waals surface area contributed by atoms with Crippen LogP contribution < -0.4 is 28.9 Å². The van der Waals surface area contributed by atoms with Crippen molar-refractivity contribution < 1.29 is 33.4 Å². The van der Waals surface area contributed by atoms with Crippen molar-refractivity contribution in [3.63, 3.8) is 0 Å². The van der Waals surface area contributed by atoms with Gasteiger partial charge in [-0.2, -0.15) is 0 Å². The van der Waals surface area contributed by atoms with Gasteiger partial charge < -0.3 is 18.9 Å². The predicted octanol–water partition coefficient (Wildman–Crippen LogP) is 4.55. The lowest BCUT2D eigenvalue weighted by molar-refractivity contribution is -0.126. The van der Waals surface area contributed by atoms with Crippen LogP contribution in [0.25, 0.3) is 0 Å². The molecule has 9 heteroatoms. The zero-order chi connectivity index (χ0) is 26.8. The zero-order valence-corrected chi connectivity index (χ0v) is 21.7. The van der Waals surface area contributed by atoms with E-state index >= 15 is 0 Å². The van der Waals surface area contributed by atoms with Crippen LogP contribution in [0.5, 0.6) is 23.0 Å². The molecular formula is C29H30N2O7. The Balaban J connectivity index is 1.58. The van der Waals surface area contributed by atoms with Crippen molar-refractivity contribution in [2.75, 3.05) is 37.9 Å². The number of fused-ring (bicyclic) bond motifs is 1. The first-order valence-electron chi connectivity index (χ1n) is 12.4. The van der Waals surface area contributed by atoms with Crippen molar-refractivity contribution in [2.24, 2.45) is 5.92 Å². The summed E-state index contributed by atoms with van der Waals surface area (Å²) in [5, 5.41) is 1.62. The highest BCUT2D eigenvalue weighted by Gasteiger charge is 2.61. The van der Waals surface area contributed by atoms with Gasteiger partial charge in [0.15, 0.2) is 17.6 Å². The lowest BCUT2D eigenvalue weighted by Gasteiger charge is -2.30. The van der Waals surface area contributed by atoms with Gasteiger partial charge in [0.1, 0.15) is 23.5 Å². The maximum absolute atomic E-state index is 14.0. The van der Waals surface area contributed by atoms with Crippen LogP contribution in [-0.2, 0) is 14.4 Å². The van der Waals surface area contributed by atoms with Crippen LogP contribution in [0.2, 0.25) is 0 Å². The number of amides is 2. The maximum atomic E-state index is 14.0. The van der Waals surface area contributed by atoms with Gasteiger partial charge in [0, 0.05) is 11.6 Å². The van der Waals surface area contributed by atoms with E-state index in [0.29, 0.717) is 46.5 Å². The molecule has 0 saturated carbocycles. The van der Waals surface area contributed by atoms with Crippen molar-refractivity contribution >= 4 is 23.2 Å². The number of anilines is 2. The quantitative estimate of drug-likeness (QED) is 0.382. The maximum Gasteiger partial charge on any atom is 0.266 e. The summed E-state index contributed by atoms with van der Waals surface area (Å²) in [7, 11) is 4.62. The summed E-state index contributed by atoms with van der Waals surface area (Å²) in [6, 6.07) is 19.1. The number of nitrogens with zero attached hydrogens (tertiary/aromatic N) is 2. The number of ether oxygens (including phenoxy) is 4. The molecule has 3 aromatic rings. The number of imide groups is 1. The average Bonchev–Trinajstić information content (AvgIpc) is 3.47. The highest BCUT2D eigenvalue weighted by molar-refractivity contribution is 6.24. The van der Waals surface area contributed by atoms with E-state index in [9.17, 15) is 9.59 Å². The van der Waals surface area contributed by atoms with E-state index < -0.39 is 24.0 Å². The van der Waals surface area contributed by atoms with Gasteiger partial charge in [-0.1, -0.05) is 25.1 Å². The van der Waals surface area contributed by atoms with Crippen LogP contribution in [0, 0.1) is 5.92 Å². The molecule has 9 nitrogen and oxygen atoms in total. The van der Waals surface area contributed by atoms with E-state index in [1.165, 1.54) is 19.1 Å². The number of hydrogen-bond donors (Lipinski definition) is 0. The van der Waals surface area contributed by atoms with Gasteiger partial charge in [0.25, 0.3) is 5.91 Å². The summed E-state index contributed by atoms with van der Waals surface area (Å²) in [6.07, 6.45) is -0.133. The molecule has 0 aliphatic carbocycles. The molecule has 3 atom stereocenters. The molecule has 2 fully saturated rings. The molecule has 2 saturated heterocycles. The van der Waals surface area contributed by atoms with Crippen LogP contribution in [0.4, 0.5) is 11.4 Å².